The Labute approximate surface area is 153 Å². The van der Waals surface area contributed by atoms with Crippen molar-refractivity contribution in [3.05, 3.63) is 29.3 Å². The van der Waals surface area contributed by atoms with E-state index in [9.17, 15) is 28.2 Å². The van der Waals surface area contributed by atoms with Crippen LogP contribution in [0.15, 0.2) is 18.2 Å². The van der Waals surface area contributed by atoms with E-state index < -0.39 is 50.0 Å². The lowest BCUT2D eigenvalue weighted by Gasteiger charge is -2.29. The number of hydrogen-bond acceptors (Lipinski definition) is 7. The quantitative estimate of drug-likeness (QED) is 0.424. The monoisotopic (exact) mass is 385 g/mol. The molecule has 0 bridgehead atoms. The second-order valence-corrected chi connectivity index (χ2v) is 6.11. The summed E-state index contributed by atoms with van der Waals surface area (Å²) in [4.78, 5) is 34.4. The number of esters is 2. The van der Waals surface area contributed by atoms with Crippen LogP contribution in [0.2, 0.25) is 0 Å². The number of carbonyl (C=O) groups is 3. The molecule has 1 aliphatic rings. The van der Waals surface area contributed by atoms with Crippen LogP contribution in [0, 0.1) is 0 Å². The molecule has 0 radical (unpaired) electrons. The molecule has 1 aliphatic heterocycles. The Morgan fingerprint density at radius 3 is 2.70 bits per heavy atom. The van der Waals surface area contributed by atoms with Gasteiger partial charge in [0, 0.05) is 6.92 Å². The molecule has 0 saturated heterocycles. The second kappa shape index (κ2) is 8.34. The molecule has 2 rings (SSSR count). The molecule has 146 valence electrons. The number of halogens is 2. The van der Waals surface area contributed by atoms with Gasteiger partial charge in [0.1, 0.15) is 11.3 Å². The van der Waals surface area contributed by atoms with Crippen LogP contribution in [0.4, 0.5) is 8.78 Å². The van der Waals surface area contributed by atoms with Crippen LogP contribution in [0.5, 0.6) is 5.75 Å². The Morgan fingerprint density at radius 1 is 1.37 bits per heavy atom. The van der Waals surface area contributed by atoms with Gasteiger partial charge in [-0.2, -0.15) is 0 Å². The fourth-order valence-corrected chi connectivity index (χ4v) is 2.49. The lowest BCUT2D eigenvalue weighted by atomic mass is 9.72. The van der Waals surface area contributed by atoms with Crippen molar-refractivity contribution in [2.24, 2.45) is 0 Å². The van der Waals surface area contributed by atoms with Crippen molar-refractivity contribution in [2.75, 3.05) is 6.79 Å². The SMILES string of the molecule is CC(=O)OCOC(=O)c1cccc2c1OB(O)[C@@H](NC(=O)CC(C)(F)F)C2. The Kier molecular flexibility index (Phi) is 6.37. The molecule has 1 aromatic rings. The molecule has 1 atom stereocenters. The first-order valence-corrected chi connectivity index (χ1v) is 8.01. The third-order valence-corrected chi connectivity index (χ3v) is 3.61. The van der Waals surface area contributed by atoms with E-state index in [0.717, 1.165) is 6.92 Å². The Morgan fingerprint density at radius 2 is 2.07 bits per heavy atom. The third-order valence-electron chi connectivity index (χ3n) is 3.61. The van der Waals surface area contributed by atoms with Crippen molar-refractivity contribution in [3.8, 4) is 5.75 Å². The van der Waals surface area contributed by atoms with Crippen LogP contribution >= 0.6 is 0 Å². The zero-order chi connectivity index (χ0) is 20.2. The molecule has 0 spiro atoms. The highest BCUT2D eigenvalue weighted by atomic mass is 19.3. The van der Waals surface area contributed by atoms with Crippen LogP contribution in [0.25, 0.3) is 0 Å². The molecule has 0 saturated carbocycles. The van der Waals surface area contributed by atoms with Gasteiger partial charge >= 0.3 is 19.1 Å². The van der Waals surface area contributed by atoms with E-state index >= 15 is 0 Å². The van der Waals surface area contributed by atoms with E-state index in [4.69, 9.17) is 9.39 Å². The van der Waals surface area contributed by atoms with Gasteiger partial charge in [-0.3, -0.25) is 9.59 Å². The summed E-state index contributed by atoms with van der Waals surface area (Å²) in [5, 5.41) is 12.4. The van der Waals surface area contributed by atoms with Crippen molar-refractivity contribution in [1.29, 1.82) is 0 Å². The fourth-order valence-electron chi connectivity index (χ4n) is 2.49. The predicted octanol–water partition coefficient (Wildman–Crippen LogP) is 0.849. The summed E-state index contributed by atoms with van der Waals surface area (Å²) in [6.45, 7) is 1.19. The number of benzene rings is 1. The summed E-state index contributed by atoms with van der Waals surface area (Å²) < 4.78 is 40.4. The smallest absolute Gasteiger partial charge is 0.534 e. The van der Waals surface area contributed by atoms with Crippen molar-refractivity contribution in [1.82, 2.24) is 5.32 Å². The summed E-state index contributed by atoms with van der Waals surface area (Å²) >= 11 is 0. The van der Waals surface area contributed by atoms with E-state index in [1.54, 1.807) is 6.07 Å². The largest absolute Gasteiger partial charge is 0.547 e. The average Bonchev–Trinajstić information content (AvgIpc) is 2.52. The molecular formula is C16H18BF2NO7. The Hall–Kier alpha value is -2.69. The number of rotatable bonds is 6. The number of hydrogen-bond donors (Lipinski definition) is 2. The minimum absolute atomic E-state index is 0.0106. The zero-order valence-corrected chi connectivity index (χ0v) is 14.7. The van der Waals surface area contributed by atoms with Gasteiger partial charge in [0.15, 0.2) is 0 Å². The predicted molar refractivity (Wildman–Crippen MR) is 88.0 cm³/mol. The molecule has 2 N–H and O–H groups in total. The first-order chi connectivity index (χ1) is 12.6. The molecule has 0 unspecified atom stereocenters. The van der Waals surface area contributed by atoms with Gasteiger partial charge in [0.25, 0.3) is 5.92 Å². The number of para-hydroxylation sites is 1. The fraction of sp³-hybridized carbons (Fsp3) is 0.438. The van der Waals surface area contributed by atoms with Gasteiger partial charge in [-0.15, -0.1) is 0 Å². The highest BCUT2D eigenvalue weighted by Gasteiger charge is 2.39. The lowest BCUT2D eigenvalue weighted by molar-refractivity contribution is -0.149. The van der Waals surface area contributed by atoms with Crippen LogP contribution in [-0.2, 0) is 25.5 Å². The molecule has 1 amide bonds. The molecule has 0 fully saturated rings. The summed E-state index contributed by atoms with van der Waals surface area (Å²) in [6.07, 6.45) is -0.964. The zero-order valence-electron chi connectivity index (χ0n) is 14.7. The maximum atomic E-state index is 12.9. The van der Waals surface area contributed by atoms with Crippen molar-refractivity contribution in [2.45, 2.75) is 38.6 Å². The highest BCUT2D eigenvalue weighted by molar-refractivity contribution is 6.47. The second-order valence-electron chi connectivity index (χ2n) is 6.11. The highest BCUT2D eigenvalue weighted by Crippen LogP contribution is 2.30. The number of carbonyl (C=O) groups excluding carboxylic acids is 3. The van der Waals surface area contributed by atoms with Gasteiger partial charge in [0.05, 0.1) is 12.4 Å². The summed E-state index contributed by atoms with van der Waals surface area (Å²) in [5.74, 6) is -6.49. The van der Waals surface area contributed by atoms with Crippen LogP contribution in [-0.4, -0.2) is 48.6 Å². The van der Waals surface area contributed by atoms with Gasteiger partial charge in [-0.25, -0.2) is 13.6 Å². The van der Waals surface area contributed by atoms with E-state index in [1.165, 1.54) is 12.1 Å². The topological polar surface area (TPSA) is 111 Å². The van der Waals surface area contributed by atoms with Gasteiger partial charge in [-0.05, 0) is 25.0 Å². The van der Waals surface area contributed by atoms with Crippen molar-refractivity contribution >= 4 is 25.0 Å². The number of ether oxygens (including phenoxy) is 2. The first-order valence-electron chi connectivity index (χ1n) is 8.01. The van der Waals surface area contributed by atoms with Crippen LogP contribution in [0.3, 0.4) is 0 Å². The summed E-state index contributed by atoms with van der Waals surface area (Å²) in [7, 11) is -1.55. The standard InChI is InChI=1S/C16H18BF2NO7/c1-9(21)25-8-26-15(23)11-5-3-4-10-6-12(17(24)27-14(10)11)20-13(22)7-16(2,18)19/h3-5,12,24H,6-8H2,1-2H3,(H,20,22)/t12-/m0/s1. The summed E-state index contributed by atoms with van der Waals surface area (Å²) in [5.41, 5.74) is 0.458. The number of fused-ring (bicyclic) bond motifs is 1. The van der Waals surface area contributed by atoms with Gasteiger partial charge in [0.2, 0.25) is 12.7 Å². The maximum Gasteiger partial charge on any atom is 0.547 e. The molecule has 1 heterocycles. The summed E-state index contributed by atoms with van der Waals surface area (Å²) in [6, 6.07) is 4.51. The normalized spacial score (nSPS) is 16.0. The average molecular weight is 385 g/mol. The van der Waals surface area contributed by atoms with Gasteiger partial charge in [-0.1, -0.05) is 12.1 Å². The van der Waals surface area contributed by atoms with E-state index in [1.807, 2.05) is 0 Å². The first kappa shape index (κ1) is 20.6. The van der Waals surface area contributed by atoms with E-state index in [0.29, 0.717) is 12.5 Å². The lowest BCUT2D eigenvalue weighted by Crippen LogP contribution is -2.53. The van der Waals surface area contributed by atoms with Crippen LogP contribution in [0.1, 0.15) is 36.2 Å². The van der Waals surface area contributed by atoms with Crippen LogP contribution < -0.4 is 9.97 Å². The third kappa shape index (κ3) is 5.92. The molecule has 27 heavy (non-hydrogen) atoms. The molecule has 11 heteroatoms. The van der Waals surface area contributed by atoms with E-state index in [-0.39, 0.29) is 17.7 Å². The van der Waals surface area contributed by atoms with Crippen molar-refractivity contribution < 1.29 is 42.3 Å². The maximum absolute atomic E-state index is 12.9. The molecular weight excluding hydrogens is 367 g/mol. The molecule has 0 aromatic heterocycles. The number of alkyl halides is 2. The molecule has 1 aromatic carbocycles. The van der Waals surface area contributed by atoms with E-state index in [2.05, 4.69) is 10.1 Å². The Bertz CT molecular complexity index is 738. The number of amides is 1. The Balaban J connectivity index is 2.08. The minimum Gasteiger partial charge on any atom is -0.534 e. The molecule has 0 aliphatic carbocycles. The molecule has 8 nitrogen and oxygen atoms in total. The number of nitrogens with one attached hydrogen (secondary N) is 1. The minimum atomic E-state index is -3.18. The van der Waals surface area contributed by atoms with Gasteiger partial charge < -0.3 is 24.5 Å². The van der Waals surface area contributed by atoms with Crippen molar-refractivity contribution in [3.63, 3.8) is 0 Å².